The molecule has 0 bridgehead atoms. The van der Waals surface area contributed by atoms with Gasteiger partial charge in [-0.25, -0.2) is 0 Å². The van der Waals surface area contributed by atoms with Crippen LogP contribution in [-0.4, -0.2) is 11.3 Å². The normalized spacial score (nSPS) is 10.2. The Hall–Kier alpha value is -1.58. The van der Waals surface area contributed by atoms with E-state index in [1.807, 2.05) is 0 Å². The topological polar surface area (TPSA) is 49.9 Å². The van der Waals surface area contributed by atoms with Gasteiger partial charge in [0.15, 0.2) is 6.29 Å². The molecule has 1 aromatic carbocycles. The molecule has 5 heteroatoms. The number of nitrogens with one attached hydrogen (secondary N) is 1. The van der Waals surface area contributed by atoms with Crippen molar-refractivity contribution in [2.24, 2.45) is 0 Å². The SMILES string of the molecule is O=Cc1ccc(-c2ccc(Cl)cc2Cl)c(=O)[nH]1. The van der Waals surface area contributed by atoms with Crippen molar-refractivity contribution in [2.45, 2.75) is 0 Å². The van der Waals surface area contributed by atoms with E-state index in [4.69, 9.17) is 23.2 Å². The lowest BCUT2D eigenvalue weighted by molar-refractivity contribution is 0.111. The standard InChI is InChI=1S/C12H7Cl2NO2/c13-7-1-3-9(11(14)5-7)10-4-2-8(6-16)15-12(10)17/h1-6H,(H,15,17). The molecule has 86 valence electrons. The summed E-state index contributed by atoms with van der Waals surface area (Å²) in [5, 5.41) is 0.890. The first-order chi connectivity index (χ1) is 8.11. The zero-order chi connectivity index (χ0) is 12.4. The van der Waals surface area contributed by atoms with Gasteiger partial charge in [0, 0.05) is 16.1 Å². The van der Waals surface area contributed by atoms with E-state index in [-0.39, 0.29) is 11.3 Å². The summed E-state index contributed by atoms with van der Waals surface area (Å²) < 4.78 is 0. The molecule has 3 nitrogen and oxygen atoms in total. The van der Waals surface area contributed by atoms with Gasteiger partial charge in [-0.05, 0) is 24.3 Å². The van der Waals surface area contributed by atoms with Crippen LogP contribution in [0.15, 0.2) is 35.1 Å². The molecule has 2 rings (SSSR count). The monoisotopic (exact) mass is 267 g/mol. The fraction of sp³-hybridized carbons (Fsp3) is 0. The van der Waals surface area contributed by atoms with E-state index >= 15 is 0 Å². The second kappa shape index (κ2) is 4.73. The predicted molar refractivity (Wildman–Crippen MR) is 67.9 cm³/mol. The number of rotatable bonds is 2. The summed E-state index contributed by atoms with van der Waals surface area (Å²) in [6, 6.07) is 7.95. The van der Waals surface area contributed by atoms with Crippen molar-refractivity contribution in [3.63, 3.8) is 0 Å². The smallest absolute Gasteiger partial charge is 0.256 e. The van der Waals surface area contributed by atoms with E-state index < -0.39 is 0 Å². The Labute approximate surface area is 107 Å². The maximum Gasteiger partial charge on any atom is 0.256 e. The van der Waals surface area contributed by atoms with E-state index in [9.17, 15) is 9.59 Å². The molecule has 0 unspecified atom stereocenters. The van der Waals surface area contributed by atoms with Crippen LogP contribution in [0.5, 0.6) is 0 Å². The molecule has 2 aromatic rings. The van der Waals surface area contributed by atoms with Crippen LogP contribution >= 0.6 is 23.2 Å². The number of pyridine rings is 1. The number of aldehydes is 1. The second-order valence-corrected chi connectivity index (χ2v) is 4.24. The van der Waals surface area contributed by atoms with Gasteiger partial charge in [0.25, 0.3) is 5.56 Å². The van der Waals surface area contributed by atoms with E-state index in [0.29, 0.717) is 27.5 Å². The fourth-order valence-corrected chi connectivity index (χ4v) is 1.99. The lowest BCUT2D eigenvalue weighted by Crippen LogP contribution is -2.10. The summed E-state index contributed by atoms with van der Waals surface area (Å²) in [6.07, 6.45) is 0.578. The highest BCUT2D eigenvalue weighted by Crippen LogP contribution is 2.28. The summed E-state index contributed by atoms with van der Waals surface area (Å²) in [5.41, 5.74) is 0.842. The Balaban J connectivity index is 2.61. The third kappa shape index (κ3) is 2.40. The highest BCUT2D eigenvalue weighted by molar-refractivity contribution is 6.36. The predicted octanol–water partition coefficient (Wildman–Crippen LogP) is 3.16. The van der Waals surface area contributed by atoms with Crippen LogP contribution in [0.25, 0.3) is 11.1 Å². The van der Waals surface area contributed by atoms with Crippen molar-refractivity contribution in [3.05, 3.63) is 56.4 Å². The van der Waals surface area contributed by atoms with Gasteiger partial charge in [0.05, 0.1) is 10.7 Å². The molecule has 0 spiro atoms. The number of hydrogen-bond donors (Lipinski definition) is 1. The molecule has 0 radical (unpaired) electrons. The van der Waals surface area contributed by atoms with Crippen molar-refractivity contribution in [3.8, 4) is 11.1 Å². The summed E-state index contributed by atoms with van der Waals surface area (Å²) in [7, 11) is 0. The zero-order valence-electron chi connectivity index (χ0n) is 8.54. The third-order valence-electron chi connectivity index (χ3n) is 2.28. The Kier molecular flexibility index (Phi) is 3.31. The largest absolute Gasteiger partial charge is 0.319 e. The van der Waals surface area contributed by atoms with Gasteiger partial charge >= 0.3 is 0 Å². The Morgan fingerprint density at radius 1 is 1.06 bits per heavy atom. The number of aromatic nitrogens is 1. The molecule has 0 atom stereocenters. The zero-order valence-corrected chi connectivity index (χ0v) is 10.0. The number of carbonyl (C=O) groups excluding carboxylic acids is 1. The van der Waals surface area contributed by atoms with Crippen LogP contribution in [0.1, 0.15) is 10.5 Å². The van der Waals surface area contributed by atoms with Gasteiger partial charge in [-0.3, -0.25) is 9.59 Å². The molecule has 0 aliphatic rings. The van der Waals surface area contributed by atoms with Gasteiger partial charge in [-0.1, -0.05) is 29.3 Å². The second-order valence-electron chi connectivity index (χ2n) is 3.40. The highest BCUT2D eigenvalue weighted by Gasteiger charge is 2.08. The van der Waals surface area contributed by atoms with Crippen molar-refractivity contribution in [1.29, 1.82) is 0 Å². The maximum atomic E-state index is 11.7. The molecule has 0 saturated heterocycles. The van der Waals surface area contributed by atoms with Crippen LogP contribution in [0.3, 0.4) is 0 Å². The first-order valence-corrected chi connectivity index (χ1v) is 5.51. The average molecular weight is 268 g/mol. The van der Waals surface area contributed by atoms with Crippen molar-refractivity contribution in [2.75, 3.05) is 0 Å². The Morgan fingerprint density at radius 2 is 1.76 bits per heavy atom. The molecular formula is C12H7Cl2NO2. The van der Waals surface area contributed by atoms with Gasteiger partial charge < -0.3 is 4.98 Å². The number of aromatic amines is 1. The summed E-state index contributed by atoms with van der Waals surface area (Å²) in [6.45, 7) is 0. The van der Waals surface area contributed by atoms with Gasteiger partial charge in [-0.2, -0.15) is 0 Å². The quantitative estimate of drug-likeness (QED) is 0.850. The molecule has 0 aliphatic carbocycles. The summed E-state index contributed by atoms with van der Waals surface area (Å²) in [5.74, 6) is 0. The molecule has 17 heavy (non-hydrogen) atoms. The van der Waals surface area contributed by atoms with Crippen LogP contribution in [0.4, 0.5) is 0 Å². The number of benzene rings is 1. The minimum absolute atomic E-state index is 0.226. The van der Waals surface area contributed by atoms with E-state index in [2.05, 4.69) is 4.98 Å². The first-order valence-electron chi connectivity index (χ1n) is 4.76. The minimum Gasteiger partial charge on any atom is -0.319 e. The Morgan fingerprint density at radius 3 is 2.35 bits per heavy atom. The minimum atomic E-state index is -0.362. The lowest BCUT2D eigenvalue weighted by atomic mass is 10.1. The number of H-pyrrole nitrogens is 1. The molecule has 1 heterocycles. The van der Waals surface area contributed by atoms with Gasteiger partial charge in [0.1, 0.15) is 0 Å². The number of halogens is 2. The van der Waals surface area contributed by atoms with E-state index in [0.717, 1.165) is 0 Å². The average Bonchev–Trinajstić information content (AvgIpc) is 2.30. The maximum absolute atomic E-state index is 11.7. The molecule has 0 amide bonds. The number of carbonyl (C=O) groups is 1. The van der Waals surface area contributed by atoms with E-state index in [1.54, 1.807) is 24.3 Å². The van der Waals surface area contributed by atoms with Crippen molar-refractivity contribution in [1.82, 2.24) is 4.98 Å². The molecule has 0 saturated carbocycles. The molecule has 1 N–H and O–H groups in total. The van der Waals surface area contributed by atoms with E-state index in [1.165, 1.54) is 6.07 Å². The fourth-order valence-electron chi connectivity index (χ4n) is 1.48. The van der Waals surface area contributed by atoms with Crippen molar-refractivity contribution < 1.29 is 4.79 Å². The molecular weight excluding hydrogens is 261 g/mol. The summed E-state index contributed by atoms with van der Waals surface area (Å²) >= 11 is 11.8. The van der Waals surface area contributed by atoms with Crippen molar-refractivity contribution >= 4 is 29.5 Å². The number of hydrogen-bond acceptors (Lipinski definition) is 2. The highest BCUT2D eigenvalue weighted by atomic mass is 35.5. The molecule has 1 aromatic heterocycles. The third-order valence-corrected chi connectivity index (χ3v) is 2.83. The lowest BCUT2D eigenvalue weighted by Gasteiger charge is -2.04. The summed E-state index contributed by atoms with van der Waals surface area (Å²) in [4.78, 5) is 24.7. The van der Waals surface area contributed by atoms with Crippen LogP contribution in [-0.2, 0) is 0 Å². The molecule has 0 fully saturated rings. The van der Waals surface area contributed by atoms with Crippen LogP contribution in [0, 0.1) is 0 Å². The molecule has 0 aliphatic heterocycles. The Bertz CT molecular complexity index is 635. The first kappa shape index (κ1) is 11.9. The van der Waals surface area contributed by atoms with Crippen LogP contribution in [0.2, 0.25) is 10.0 Å². The van der Waals surface area contributed by atoms with Crippen LogP contribution < -0.4 is 5.56 Å². The van der Waals surface area contributed by atoms with Gasteiger partial charge in [0.2, 0.25) is 0 Å². The van der Waals surface area contributed by atoms with Gasteiger partial charge in [-0.15, -0.1) is 0 Å².